The van der Waals surface area contributed by atoms with E-state index in [1.807, 2.05) is 0 Å². The van der Waals surface area contributed by atoms with Crippen molar-refractivity contribution in [2.24, 2.45) is 0 Å². The summed E-state index contributed by atoms with van der Waals surface area (Å²) in [7, 11) is 0. The van der Waals surface area contributed by atoms with Gasteiger partial charge in [-0.3, -0.25) is 0 Å². The van der Waals surface area contributed by atoms with Crippen molar-refractivity contribution >= 4 is 5.97 Å². The molecule has 0 spiro atoms. The molecule has 1 heterocycles. The molecule has 0 aromatic carbocycles. The first-order valence-electron chi connectivity index (χ1n) is 2.66. The summed E-state index contributed by atoms with van der Waals surface area (Å²) >= 11 is 0. The van der Waals surface area contributed by atoms with Gasteiger partial charge in [0.05, 0.1) is 0 Å². The standard InChI is InChI=1S/C6H8O3/c1-3-5(7)9-6(2)4-8-6/h3H,1,4H2,2H3. The highest BCUT2D eigenvalue weighted by atomic mass is 16.8. The lowest BCUT2D eigenvalue weighted by molar-refractivity contribution is -0.150. The predicted molar refractivity (Wildman–Crippen MR) is 30.6 cm³/mol. The van der Waals surface area contributed by atoms with Gasteiger partial charge in [0.1, 0.15) is 6.61 Å². The second-order valence-electron chi connectivity index (χ2n) is 2.05. The Morgan fingerprint density at radius 1 is 2.00 bits per heavy atom. The molecular weight excluding hydrogens is 120 g/mol. The Balaban J connectivity index is 2.33. The molecule has 9 heavy (non-hydrogen) atoms. The van der Waals surface area contributed by atoms with Crippen LogP contribution in [-0.4, -0.2) is 18.4 Å². The van der Waals surface area contributed by atoms with Crippen LogP contribution in [0.3, 0.4) is 0 Å². The first kappa shape index (κ1) is 6.29. The van der Waals surface area contributed by atoms with Gasteiger partial charge in [-0.05, 0) is 0 Å². The highest BCUT2D eigenvalue weighted by molar-refractivity contribution is 5.81. The van der Waals surface area contributed by atoms with Crippen LogP contribution in [0.1, 0.15) is 6.92 Å². The van der Waals surface area contributed by atoms with Crippen LogP contribution < -0.4 is 0 Å². The Kier molecular flexibility index (Phi) is 1.29. The molecule has 0 bridgehead atoms. The summed E-state index contributed by atoms with van der Waals surface area (Å²) in [5, 5.41) is 0. The van der Waals surface area contributed by atoms with Crippen molar-refractivity contribution in [3.8, 4) is 0 Å². The molecule has 1 saturated heterocycles. The molecule has 1 atom stereocenters. The van der Waals surface area contributed by atoms with Crippen molar-refractivity contribution in [1.29, 1.82) is 0 Å². The number of carbonyl (C=O) groups is 1. The second-order valence-corrected chi connectivity index (χ2v) is 2.05. The molecular formula is C6H8O3. The van der Waals surface area contributed by atoms with Crippen molar-refractivity contribution in [2.45, 2.75) is 12.7 Å². The third kappa shape index (κ3) is 1.54. The van der Waals surface area contributed by atoms with Crippen molar-refractivity contribution in [3.63, 3.8) is 0 Å². The van der Waals surface area contributed by atoms with Crippen molar-refractivity contribution in [3.05, 3.63) is 12.7 Å². The van der Waals surface area contributed by atoms with Crippen LogP contribution in [0.2, 0.25) is 0 Å². The van der Waals surface area contributed by atoms with Gasteiger partial charge in [-0.1, -0.05) is 6.58 Å². The number of epoxide rings is 1. The van der Waals surface area contributed by atoms with Gasteiger partial charge in [0.15, 0.2) is 0 Å². The maximum atomic E-state index is 10.4. The summed E-state index contributed by atoms with van der Waals surface area (Å²) in [6.07, 6.45) is 1.12. The Hall–Kier alpha value is -0.830. The van der Waals surface area contributed by atoms with Crippen LogP contribution in [-0.2, 0) is 14.3 Å². The highest BCUT2D eigenvalue weighted by Crippen LogP contribution is 2.27. The summed E-state index contributed by atoms with van der Waals surface area (Å²) in [5.41, 5.74) is 0. The molecule has 3 nitrogen and oxygen atoms in total. The summed E-state index contributed by atoms with van der Waals surface area (Å²) in [6, 6.07) is 0. The van der Waals surface area contributed by atoms with E-state index in [2.05, 4.69) is 6.58 Å². The fraction of sp³-hybridized carbons (Fsp3) is 0.500. The minimum absolute atomic E-state index is 0.435. The van der Waals surface area contributed by atoms with E-state index < -0.39 is 11.8 Å². The summed E-state index contributed by atoms with van der Waals surface area (Å²) in [5.74, 6) is -1.08. The van der Waals surface area contributed by atoms with Gasteiger partial charge >= 0.3 is 5.97 Å². The molecule has 3 heteroatoms. The predicted octanol–water partition coefficient (Wildman–Crippen LogP) is 0.462. The third-order valence-corrected chi connectivity index (χ3v) is 1.03. The topological polar surface area (TPSA) is 38.8 Å². The van der Waals surface area contributed by atoms with Gasteiger partial charge in [0, 0.05) is 13.0 Å². The first-order valence-corrected chi connectivity index (χ1v) is 2.66. The number of esters is 1. The molecule has 1 aliphatic heterocycles. The lowest BCUT2D eigenvalue weighted by atomic mass is 10.5. The molecule has 0 amide bonds. The van der Waals surface area contributed by atoms with Gasteiger partial charge in [-0.25, -0.2) is 4.79 Å². The average molecular weight is 128 g/mol. The maximum Gasteiger partial charge on any atom is 0.332 e. The Bertz CT molecular complexity index is 146. The summed E-state index contributed by atoms with van der Waals surface area (Å²) < 4.78 is 9.50. The number of carbonyl (C=O) groups excluding carboxylic acids is 1. The number of ether oxygens (including phenoxy) is 2. The molecule has 0 aromatic heterocycles. The maximum absolute atomic E-state index is 10.4. The van der Waals surface area contributed by atoms with Gasteiger partial charge in [0.2, 0.25) is 5.79 Å². The number of rotatable bonds is 2. The van der Waals surface area contributed by atoms with Crippen molar-refractivity contribution in [2.75, 3.05) is 6.61 Å². The average Bonchev–Trinajstić information content (AvgIpc) is 2.48. The smallest absolute Gasteiger partial charge is 0.332 e. The van der Waals surface area contributed by atoms with Crippen LogP contribution in [0.25, 0.3) is 0 Å². The van der Waals surface area contributed by atoms with E-state index in [1.54, 1.807) is 6.92 Å². The van der Waals surface area contributed by atoms with E-state index in [9.17, 15) is 4.79 Å². The molecule has 1 unspecified atom stereocenters. The summed E-state index contributed by atoms with van der Waals surface area (Å²) in [4.78, 5) is 10.4. The van der Waals surface area contributed by atoms with Gasteiger partial charge in [-0.2, -0.15) is 0 Å². The van der Waals surface area contributed by atoms with Crippen LogP contribution in [0.15, 0.2) is 12.7 Å². The van der Waals surface area contributed by atoms with Gasteiger partial charge in [0.25, 0.3) is 0 Å². The molecule has 0 aliphatic carbocycles. The fourth-order valence-corrected chi connectivity index (χ4v) is 0.415. The second kappa shape index (κ2) is 1.84. The van der Waals surface area contributed by atoms with Gasteiger partial charge < -0.3 is 9.47 Å². The monoisotopic (exact) mass is 128 g/mol. The van der Waals surface area contributed by atoms with Gasteiger partial charge in [-0.15, -0.1) is 0 Å². The van der Waals surface area contributed by atoms with E-state index in [0.29, 0.717) is 6.61 Å². The molecule has 1 rings (SSSR count). The van der Waals surface area contributed by atoms with E-state index in [4.69, 9.17) is 9.47 Å². The molecule has 0 N–H and O–H groups in total. The molecule has 0 saturated carbocycles. The first-order chi connectivity index (χ1) is 4.16. The van der Waals surface area contributed by atoms with E-state index in [0.717, 1.165) is 6.08 Å². The SMILES string of the molecule is C=CC(=O)OC1(C)CO1. The molecule has 0 aromatic rings. The molecule has 50 valence electrons. The zero-order valence-electron chi connectivity index (χ0n) is 5.22. The Morgan fingerprint density at radius 3 is 2.89 bits per heavy atom. The van der Waals surface area contributed by atoms with Crippen LogP contribution in [0.5, 0.6) is 0 Å². The third-order valence-electron chi connectivity index (χ3n) is 1.03. The quantitative estimate of drug-likeness (QED) is 0.308. The number of hydrogen-bond acceptors (Lipinski definition) is 3. The van der Waals surface area contributed by atoms with E-state index in [1.165, 1.54) is 0 Å². The minimum Gasteiger partial charge on any atom is -0.428 e. The van der Waals surface area contributed by atoms with Crippen molar-refractivity contribution < 1.29 is 14.3 Å². The highest BCUT2D eigenvalue weighted by Gasteiger charge is 2.43. The van der Waals surface area contributed by atoms with Crippen LogP contribution in [0, 0.1) is 0 Å². The summed E-state index contributed by atoms with van der Waals surface area (Å²) in [6.45, 7) is 5.44. The zero-order chi connectivity index (χ0) is 6.91. The lowest BCUT2D eigenvalue weighted by Crippen LogP contribution is -2.14. The van der Waals surface area contributed by atoms with Crippen molar-refractivity contribution in [1.82, 2.24) is 0 Å². The lowest BCUT2D eigenvalue weighted by Gasteiger charge is -2.02. The molecule has 1 fully saturated rings. The minimum atomic E-state index is -0.648. The zero-order valence-corrected chi connectivity index (χ0v) is 5.22. The van der Waals surface area contributed by atoms with Crippen LogP contribution >= 0.6 is 0 Å². The van der Waals surface area contributed by atoms with Crippen LogP contribution in [0.4, 0.5) is 0 Å². The molecule has 0 radical (unpaired) electrons. The number of hydrogen-bond donors (Lipinski definition) is 0. The van der Waals surface area contributed by atoms with E-state index >= 15 is 0 Å². The molecule has 1 aliphatic rings. The Labute approximate surface area is 53.3 Å². The normalized spacial score (nSPS) is 31.2. The fourth-order valence-electron chi connectivity index (χ4n) is 0.415. The van der Waals surface area contributed by atoms with E-state index in [-0.39, 0.29) is 0 Å². The largest absolute Gasteiger partial charge is 0.428 e. The Morgan fingerprint density at radius 2 is 2.56 bits per heavy atom.